The fourth-order valence-corrected chi connectivity index (χ4v) is 2.67. The maximum absolute atomic E-state index is 12.7. The van der Waals surface area contributed by atoms with E-state index < -0.39 is 11.4 Å². The van der Waals surface area contributed by atoms with E-state index in [-0.39, 0.29) is 21.8 Å². The zero-order chi connectivity index (χ0) is 18.3. The number of rotatable bonds is 2. The smallest absolute Gasteiger partial charge is 0.280 e. The van der Waals surface area contributed by atoms with E-state index in [0.717, 1.165) is 11.1 Å². The van der Waals surface area contributed by atoms with Crippen LogP contribution in [0.5, 0.6) is 5.88 Å². The molecule has 0 radical (unpaired) electrons. The van der Waals surface area contributed by atoms with Gasteiger partial charge in [-0.15, -0.1) is 0 Å². The number of nitrogens with one attached hydrogen (secondary N) is 2. The molecule has 128 valence electrons. The Kier molecular flexibility index (Phi) is 4.13. The minimum absolute atomic E-state index is 0.00421. The second-order valence-electron chi connectivity index (χ2n) is 5.80. The summed E-state index contributed by atoms with van der Waals surface area (Å²) in [5, 5.41) is 15.5. The van der Waals surface area contributed by atoms with Crippen LogP contribution in [-0.4, -0.2) is 26.7 Å². The first-order valence-corrected chi connectivity index (χ1v) is 7.93. The van der Waals surface area contributed by atoms with Gasteiger partial charge < -0.3 is 10.1 Å². The number of anilines is 1. The average Bonchev–Trinajstić information content (AvgIpc) is 2.81. The zero-order valence-corrected chi connectivity index (χ0v) is 14.7. The van der Waals surface area contributed by atoms with Crippen LogP contribution in [0.2, 0.25) is 0 Å². The lowest BCUT2D eigenvalue weighted by Gasteiger charge is -2.13. The molecule has 0 atom stereocenters. The number of nitrogens with zero attached hydrogens (tertiary/aromatic N) is 2. The molecule has 25 heavy (non-hydrogen) atoms. The number of carbonyl (C=O) groups excluding carboxylic acids is 1. The van der Waals surface area contributed by atoms with Gasteiger partial charge in [-0.1, -0.05) is 6.07 Å². The molecule has 2 aromatic rings. The van der Waals surface area contributed by atoms with E-state index >= 15 is 0 Å². The normalized spacial score (nSPS) is 15.8. The molecule has 0 saturated carbocycles. The number of aromatic hydroxyl groups is 1. The average molecular weight is 356 g/mol. The molecule has 1 amide bonds. The summed E-state index contributed by atoms with van der Waals surface area (Å²) in [4.78, 5) is 29.5. The molecule has 1 aliphatic rings. The van der Waals surface area contributed by atoms with Crippen LogP contribution in [0.15, 0.2) is 33.7 Å². The molecule has 1 aromatic carbocycles. The Morgan fingerprint density at radius 3 is 2.52 bits per heavy atom. The quantitative estimate of drug-likeness (QED) is 0.568. The molecular weight excluding hydrogens is 340 g/mol. The first kappa shape index (κ1) is 16.8. The Morgan fingerprint density at radius 1 is 1.16 bits per heavy atom. The van der Waals surface area contributed by atoms with Gasteiger partial charge >= 0.3 is 0 Å². The summed E-state index contributed by atoms with van der Waals surface area (Å²) in [7, 11) is 0. The van der Waals surface area contributed by atoms with Gasteiger partial charge in [-0.05, 0) is 62.3 Å². The maximum atomic E-state index is 12.7. The van der Waals surface area contributed by atoms with E-state index in [0.29, 0.717) is 11.4 Å². The van der Waals surface area contributed by atoms with Gasteiger partial charge in [0, 0.05) is 0 Å². The highest BCUT2D eigenvalue weighted by molar-refractivity contribution is 7.71. The largest absolute Gasteiger partial charge is 0.494 e. The first-order valence-electron chi connectivity index (χ1n) is 7.52. The molecule has 3 rings (SSSR count). The Morgan fingerprint density at radius 2 is 1.88 bits per heavy atom. The van der Waals surface area contributed by atoms with Crippen molar-refractivity contribution in [1.82, 2.24) is 9.97 Å². The lowest BCUT2D eigenvalue weighted by Crippen LogP contribution is -2.22. The van der Waals surface area contributed by atoms with Gasteiger partial charge in [0.2, 0.25) is 5.88 Å². The summed E-state index contributed by atoms with van der Waals surface area (Å²) in [6.07, 6.45) is 1.31. The lowest BCUT2D eigenvalue weighted by atomic mass is 10.1. The van der Waals surface area contributed by atoms with Gasteiger partial charge in [-0.25, -0.2) is 0 Å². The lowest BCUT2D eigenvalue weighted by molar-refractivity contribution is -0.114. The van der Waals surface area contributed by atoms with Gasteiger partial charge in [0.1, 0.15) is 5.56 Å². The molecule has 0 spiro atoms. The van der Waals surface area contributed by atoms with Crippen LogP contribution in [0, 0.1) is 18.6 Å². The number of benzene rings is 1. The number of carbonyl (C=O) groups is 1. The third-order valence-electron chi connectivity index (χ3n) is 4.05. The van der Waals surface area contributed by atoms with Crippen LogP contribution in [0.25, 0.3) is 6.08 Å². The topological polar surface area (TPSA) is 102 Å². The van der Waals surface area contributed by atoms with Crippen molar-refractivity contribution >= 4 is 35.6 Å². The SMILES string of the molecule is CC1=NN(c2ccc(C)c(C)c2)C(=O)C1=Cc1c(O)[nH]c(=S)[nH]c1=O. The molecule has 0 saturated heterocycles. The second-order valence-corrected chi connectivity index (χ2v) is 6.21. The highest BCUT2D eigenvalue weighted by Gasteiger charge is 2.29. The van der Waals surface area contributed by atoms with E-state index in [2.05, 4.69) is 15.1 Å². The van der Waals surface area contributed by atoms with Gasteiger partial charge in [0.05, 0.1) is 17.0 Å². The van der Waals surface area contributed by atoms with Gasteiger partial charge in [0.15, 0.2) is 4.77 Å². The molecule has 1 aromatic heterocycles. The third-order valence-corrected chi connectivity index (χ3v) is 4.25. The number of aryl methyl sites for hydroxylation is 2. The molecule has 0 aliphatic carbocycles. The number of hydrogen-bond donors (Lipinski definition) is 3. The van der Waals surface area contributed by atoms with Crippen LogP contribution < -0.4 is 10.6 Å². The van der Waals surface area contributed by atoms with Crippen molar-refractivity contribution in [3.63, 3.8) is 0 Å². The van der Waals surface area contributed by atoms with Crippen molar-refractivity contribution in [2.45, 2.75) is 20.8 Å². The standard InChI is InChI=1S/C17H16N4O3S/c1-8-4-5-11(6-9(8)2)21-16(24)12(10(3)20-21)7-13-14(22)18-17(25)19-15(13)23/h4-7H,1-3H3,(H3,18,19,22,23,25). The Bertz CT molecular complexity index is 1060. The van der Waals surface area contributed by atoms with Crippen molar-refractivity contribution in [3.8, 4) is 5.88 Å². The predicted molar refractivity (Wildman–Crippen MR) is 98.4 cm³/mol. The molecular formula is C17H16N4O3S. The van der Waals surface area contributed by atoms with E-state index in [1.54, 1.807) is 6.92 Å². The van der Waals surface area contributed by atoms with E-state index in [9.17, 15) is 14.7 Å². The van der Waals surface area contributed by atoms with Gasteiger partial charge in [-0.3, -0.25) is 14.6 Å². The monoisotopic (exact) mass is 356 g/mol. The second kappa shape index (κ2) is 6.14. The van der Waals surface area contributed by atoms with Crippen LogP contribution in [-0.2, 0) is 4.79 Å². The number of aromatic amines is 2. The third kappa shape index (κ3) is 3.03. The number of amides is 1. The maximum Gasteiger partial charge on any atom is 0.280 e. The van der Waals surface area contributed by atoms with Gasteiger partial charge in [-0.2, -0.15) is 10.1 Å². The Labute approximate surface area is 148 Å². The molecule has 0 fully saturated rings. The summed E-state index contributed by atoms with van der Waals surface area (Å²) in [5.74, 6) is -0.770. The summed E-state index contributed by atoms with van der Waals surface area (Å²) >= 11 is 4.79. The number of aromatic nitrogens is 2. The van der Waals surface area contributed by atoms with Gasteiger partial charge in [0.25, 0.3) is 11.5 Å². The molecule has 2 heterocycles. The van der Waals surface area contributed by atoms with Crippen molar-refractivity contribution in [2.24, 2.45) is 5.10 Å². The van der Waals surface area contributed by atoms with Crippen LogP contribution in [0.4, 0.5) is 5.69 Å². The summed E-state index contributed by atoms with van der Waals surface area (Å²) in [6.45, 7) is 5.61. The summed E-state index contributed by atoms with van der Waals surface area (Å²) < 4.78 is 0.00421. The molecule has 0 bridgehead atoms. The van der Waals surface area contributed by atoms with Crippen molar-refractivity contribution in [3.05, 3.63) is 55.6 Å². The Hall–Kier alpha value is -3.00. The molecule has 1 aliphatic heterocycles. The van der Waals surface area contributed by atoms with Crippen LogP contribution in [0.3, 0.4) is 0 Å². The fraction of sp³-hybridized carbons (Fsp3) is 0.176. The predicted octanol–water partition coefficient (Wildman–Crippen LogP) is 2.56. The highest BCUT2D eigenvalue weighted by atomic mass is 32.1. The first-order chi connectivity index (χ1) is 11.8. The molecule has 8 heteroatoms. The summed E-state index contributed by atoms with van der Waals surface area (Å²) in [6, 6.07) is 5.60. The van der Waals surface area contributed by atoms with Crippen molar-refractivity contribution < 1.29 is 9.90 Å². The molecule has 3 N–H and O–H groups in total. The minimum Gasteiger partial charge on any atom is -0.494 e. The molecule has 7 nitrogen and oxygen atoms in total. The van der Waals surface area contributed by atoms with E-state index in [1.807, 2.05) is 32.0 Å². The van der Waals surface area contributed by atoms with Crippen LogP contribution in [0.1, 0.15) is 23.6 Å². The van der Waals surface area contributed by atoms with E-state index in [1.165, 1.54) is 11.1 Å². The summed E-state index contributed by atoms with van der Waals surface area (Å²) in [5.41, 5.74) is 2.81. The zero-order valence-electron chi connectivity index (χ0n) is 13.9. The molecule has 0 unspecified atom stereocenters. The van der Waals surface area contributed by atoms with Crippen LogP contribution >= 0.6 is 12.2 Å². The number of hydrazone groups is 1. The highest BCUT2D eigenvalue weighted by Crippen LogP contribution is 2.27. The number of H-pyrrole nitrogens is 2. The van der Waals surface area contributed by atoms with E-state index in [4.69, 9.17) is 12.2 Å². The van der Waals surface area contributed by atoms with Crippen molar-refractivity contribution in [2.75, 3.05) is 5.01 Å². The minimum atomic E-state index is -0.584. The number of hydrogen-bond acceptors (Lipinski definition) is 5. The van der Waals surface area contributed by atoms with Crippen molar-refractivity contribution in [1.29, 1.82) is 0 Å². The Balaban J connectivity index is 2.05. The fourth-order valence-electron chi connectivity index (χ4n) is 2.48.